The Morgan fingerprint density at radius 1 is 1.33 bits per heavy atom. The van der Waals surface area contributed by atoms with Crippen LogP contribution in [0.15, 0.2) is 29.2 Å². The molecule has 0 spiro atoms. The highest BCUT2D eigenvalue weighted by Gasteiger charge is 2.41. The van der Waals surface area contributed by atoms with Crippen molar-refractivity contribution in [1.29, 1.82) is 0 Å². The summed E-state index contributed by atoms with van der Waals surface area (Å²) < 4.78 is 31.4. The summed E-state index contributed by atoms with van der Waals surface area (Å²) in [5.74, 6) is -1.87. The molecule has 2 unspecified atom stereocenters. The van der Waals surface area contributed by atoms with Crippen LogP contribution >= 0.6 is 0 Å². The standard InChI is InChI=1S/C14H19NO5S/c1-3-10-4-6-11(7-5-10)21(18,19)15(2)13-9-20-8-12(13)14(16)17/h4-7,12-13H,3,8-9H2,1-2H3,(H,16,17). The molecule has 1 fully saturated rings. The van der Waals surface area contributed by atoms with Gasteiger partial charge in [0.2, 0.25) is 10.0 Å². The number of benzene rings is 1. The first-order chi connectivity index (χ1) is 9.87. The van der Waals surface area contributed by atoms with Crippen molar-refractivity contribution in [2.24, 2.45) is 5.92 Å². The minimum Gasteiger partial charge on any atom is -0.481 e. The van der Waals surface area contributed by atoms with E-state index >= 15 is 0 Å². The third kappa shape index (κ3) is 3.09. The van der Waals surface area contributed by atoms with Crippen molar-refractivity contribution < 1.29 is 23.1 Å². The maximum absolute atomic E-state index is 12.6. The van der Waals surface area contributed by atoms with Gasteiger partial charge in [0.05, 0.1) is 30.1 Å². The Morgan fingerprint density at radius 2 is 1.95 bits per heavy atom. The third-order valence-corrected chi connectivity index (χ3v) is 5.74. The zero-order valence-corrected chi connectivity index (χ0v) is 12.8. The van der Waals surface area contributed by atoms with Crippen LogP contribution in [0.5, 0.6) is 0 Å². The number of carboxylic acids is 1. The van der Waals surface area contributed by atoms with Gasteiger partial charge in [0.1, 0.15) is 0 Å². The summed E-state index contributed by atoms with van der Waals surface area (Å²) in [6.45, 7) is 2.12. The number of likely N-dealkylation sites (N-methyl/N-ethyl adjacent to an activating group) is 1. The molecule has 2 atom stereocenters. The highest BCUT2D eigenvalue weighted by molar-refractivity contribution is 7.89. The van der Waals surface area contributed by atoms with Crippen molar-refractivity contribution in [3.05, 3.63) is 29.8 Å². The van der Waals surface area contributed by atoms with Crippen LogP contribution in [0.25, 0.3) is 0 Å². The van der Waals surface area contributed by atoms with Crippen molar-refractivity contribution in [3.63, 3.8) is 0 Å². The lowest BCUT2D eigenvalue weighted by molar-refractivity contribution is -0.142. The van der Waals surface area contributed by atoms with Crippen molar-refractivity contribution in [3.8, 4) is 0 Å². The van der Waals surface area contributed by atoms with Crippen molar-refractivity contribution in [1.82, 2.24) is 4.31 Å². The van der Waals surface area contributed by atoms with Gasteiger partial charge in [-0.3, -0.25) is 4.79 Å². The van der Waals surface area contributed by atoms with Crippen LogP contribution in [-0.4, -0.2) is 50.1 Å². The third-order valence-electron chi connectivity index (χ3n) is 3.84. The van der Waals surface area contributed by atoms with E-state index in [9.17, 15) is 13.2 Å². The lowest BCUT2D eigenvalue weighted by atomic mass is 10.1. The highest BCUT2D eigenvalue weighted by atomic mass is 32.2. The second-order valence-corrected chi connectivity index (χ2v) is 7.07. The first-order valence-electron chi connectivity index (χ1n) is 6.75. The maximum atomic E-state index is 12.6. The summed E-state index contributed by atoms with van der Waals surface area (Å²) in [4.78, 5) is 11.3. The largest absolute Gasteiger partial charge is 0.481 e. The fourth-order valence-corrected chi connectivity index (χ4v) is 3.76. The molecule has 0 radical (unpaired) electrons. The molecule has 1 heterocycles. The molecule has 1 N–H and O–H groups in total. The van der Waals surface area contributed by atoms with Crippen LogP contribution in [0, 0.1) is 5.92 Å². The molecule has 6 nitrogen and oxygen atoms in total. The number of aliphatic carboxylic acids is 1. The average Bonchev–Trinajstić information content (AvgIpc) is 2.96. The molecule has 21 heavy (non-hydrogen) atoms. The SMILES string of the molecule is CCc1ccc(S(=O)(=O)N(C)C2COCC2C(=O)O)cc1. The topological polar surface area (TPSA) is 83.9 Å². The number of ether oxygens (including phenoxy) is 1. The molecule has 0 aromatic heterocycles. The molecule has 1 aromatic carbocycles. The molecule has 2 rings (SSSR count). The molecule has 7 heteroatoms. The van der Waals surface area contributed by atoms with Gasteiger partial charge in [-0.2, -0.15) is 4.31 Å². The quantitative estimate of drug-likeness (QED) is 0.875. The van der Waals surface area contributed by atoms with E-state index in [0.29, 0.717) is 0 Å². The van der Waals surface area contributed by atoms with Crippen molar-refractivity contribution in [2.45, 2.75) is 24.3 Å². The summed E-state index contributed by atoms with van der Waals surface area (Å²) in [6.07, 6.45) is 0.827. The zero-order valence-electron chi connectivity index (χ0n) is 12.0. The second kappa shape index (κ2) is 6.13. The Hall–Kier alpha value is -1.44. The number of carbonyl (C=O) groups is 1. The fourth-order valence-electron chi connectivity index (χ4n) is 2.38. The molecule has 0 amide bonds. The van der Waals surface area contributed by atoms with E-state index in [-0.39, 0.29) is 18.1 Å². The van der Waals surface area contributed by atoms with Gasteiger partial charge in [-0.15, -0.1) is 0 Å². The van der Waals surface area contributed by atoms with E-state index in [2.05, 4.69) is 0 Å². The van der Waals surface area contributed by atoms with Gasteiger partial charge in [0, 0.05) is 7.05 Å². The molecule has 1 aliphatic heterocycles. The summed E-state index contributed by atoms with van der Waals surface area (Å²) in [5, 5.41) is 9.14. The summed E-state index contributed by atoms with van der Waals surface area (Å²) in [7, 11) is -2.32. The zero-order chi connectivity index (χ0) is 15.6. The number of hydrogen-bond acceptors (Lipinski definition) is 4. The second-order valence-electron chi connectivity index (χ2n) is 5.07. The molecular weight excluding hydrogens is 294 g/mol. The van der Waals surface area contributed by atoms with Gasteiger partial charge < -0.3 is 9.84 Å². The highest BCUT2D eigenvalue weighted by Crippen LogP contribution is 2.25. The number of hydrogen-bond donors (Lipinski definition) is 1. The van der Waals surface area contributed by atoms with Crippen LogP contribution in [0.1, 0.15) is 12.5 Å². The van der Waals surface area contributed by atoms with Crippen LogP contribution < -0.4 is 0 Å². The minimum atomic E-state index is -3.72. The number of nitrogens with zero attached hydrogens (tertiary/aromatic N) is 1. The molecule has 1 aromatic rings. The van der Waals surface area contributed by atoms with Gasteiger partial charge in [-0.05, 0) is 24.1 Å². The van der Waals surface area contributed by atoms with Gasteiger partial charge in [0.15, 0.2) is 0 Å². The Morgan fingerprint density at radius 3 is 2.48 bits per heavy atom. The molecule has 1 saturated heterocycles. The molecule has 1 aliphatic rings. The molecule has 0 bridgehead atoms. The number of carboxylic acid groups (broad SMARTS) is 1. The molecule has 0 aliphatic carbocycles. The van der Waals surface area contributed by atoms with E-state index in [1.54, 1.807) is 24.3 Å². The average molecular weight is 313 g/mol. The van der Waals surface area contributed by atoms with Gasteiger partial charge in [-0.1, -0.05) is 19.1 Å². The van der Waals surface area contributed by atoms with E-state index in [0.717, 1.165) is 16.3 Å². The Balaban J connectivity index is 2.27. The summed E-state index contributed by atoms with van der Waals surface area (Å²) in [5.41, 5.74) is 1.05. The van der Waals surface area contributed by atoms with E-state index < -0.39 is 28.0 Å². The van der Waals surface area contributed by atoms with Crippen molar-refractivity contribution in [2.75, 3.05) is 20.3 Å². The van der Waals surface area contributed by atoms with Crippen LogP contribution in [0.2, 0.25) is 0 Å². The maximum Gasteiger partial charge on any atom is 0.310 e. The van der Waals surface area contributed by atoms with Gasteiger partial charge in [-0.25, -0.2) is 8.42 Å². The van der Waals surface area contributed by atoms with E-state index in [1.807, 2.05) is 6.92 Å². The van der Waals surface area contributed by atoms with Crippen LogP contribution in [0.4, 0.5) is 0 Å². The van der Waals surface area contributed by atoms with E-state index in [4.69, 9.17) is 9.84 Å². The molecular formula is C14H19NO5S. The summed E-state index contributed by atoms with van der Waals surface area (Å²) >= 11 is 0. The van der Waals surface area contributed by atoms with Crippen LogP contribution in [0.3, 0.4) is 0 Å². The Kier molecular flexibility index (Phi) is 4.65. The Labute approximate surface area is 124 Å². The minimum absolute atomic E-state index is 0.0363. The van der Waals surface area contributed by atoms with E-state index in [1.165, 1.54) is 7.05 Å². The molecule has 116 valence electrons. The van der Waals surface area contributed by atoms with Crippen molar-refractivity contribution >= 4 is 16.0 Å². The normalized spacial score (nSPS) is 22.6. The predicted octanol–water partition coefficient (Wildman–Crippen LogP) is 0.969. The number of rotatable bonds is 5. The summed E-state index contributed by atoms with van der Waals surface area (Å²) in [6, 6.07) is 5.95. The van der Waals surface area contributed by atoms with Crippen LogP contribution in [-0.2, 0) is 26.0 Å². The Bertz CT molecular complexity index is 611. The van der Waals surface area contributed by atoms with Gasteiger partial charge in [0.25, 0.3) is 0 Å². The number of sulfonamides is 1. The smallest absolute Gasteiger partial charge is 0.310 e. The molecule has 0 saturated carbocycles. The monoisotopic (exact) mass is 313 g/mol. The lowest BCUT2D eigenvalue weighted by Crippen LogP contribution is -2.44. The lowest BCUT2D eigenvalue weighted by Gasteiger charge is -2.25. The first-order valence-corrected chi connectivity index (χ1v) is 8.19. The first kappa shape index (κ1) is 15.9. The fraction of sp³-hybridized carbons (Fsp3) is 0.500. The number of aryl methyl sites for hydroxylation is 1. The van der Waals surface area contributed by atoms with Gasteiger partial charge >= 0.3 is 5.97 Å². The predicted molar refractivity (Wildman–Crippen MR) is 76.5 cm³/mol.